The molecule has 0 fully saturated rings. The minimum atomic E-state index is -4.41. The van der Waals surface area contributed by atoms with Crippen molar-refractivity contribution in [2.24, 2.45) is 5.92 Å². The molecule has 0 spiro atoms. The molecule has 0 saturated heterocycles. The zero-order valence-electron chi connectivity index (χ0n) is 16.8. The van der Waals surface area contributed by atoms with Crippen molar-refractivity contribution < 1.29 is 18.0 Å². The van der Waals surface area contributed by atoms with E-state index in [2.05, 4.69) is 53.8 Å². The molecule has 0 aliphatic heterocycles. The topological polar surface area (TPSA) is 29.1 Å². The Balaban J connectivity index is 1.31. The van der Waals surface area contributed by atoms with E-state index in [1.165, 1.54) is 28.3 Å². The van der Waals surface area contributed by atoms with E-state index in [1.807, 2.05) is 0 Å². The Morgan fingerprint density at radius 2 is 1.48 bits per heavy atom. The number of rotatable bonds is 4. The van der Waals surface area contributed by atoms with Crippen molar-refractivity contribution in [1.82, 2.24) is 5.32 Å². The van der Waals surface area contributed by atoms with Crippen molar-refractivity contribution in [3.63, 3.8) is 0 Å². The van der Waals surface area contributed by atoms with E-state index in [0.717, 1.165) is 18.6 Å². The summed E-state index contributed by atoms with van der Waals surface area (Å²) in [6, 6.07) is 22.0. The predicted octanol–water partition coefficient (Wildman–Crippen LogP) is 5.66. The summed E-state index contributed by atoms with van der Waals surface area (Å²) in [6.45, 7) is 0.516. The average molecular weight is 421 g/mol. The standard InChI is InChI=1S/C26H22F3NO/c27-26(28,29)18-7-5-6-16(12-18)13-24(31)30-15-17-14-23-19-8-1-3-10-21(19)25(17)22-11-4-2-9-20(22)23/h1-12,17,23,25H,13-15H2,(H,30,31). The molecule has 31 heavy (non-hydrogen) atoms. The number of carbonyl (C=O) groups excluding carboxylic acids is 1. The van der Waals surface area contributed by atoms with Crippen LogP contribution in [0.4, 0.5) is 13.2 Å². The SMILES string of the molecule is O=C(Cc1cccc(C(F)(F)F)c1)NCC1CC2c3ccccc3C1c1ccccc12. The zero-order chi connectivity index (χ0) is 21.6. The van der Waals surface area contributed by atoms with Crippen LogP contribution in [-0.2, 0) is 17.4 Å². The van der Waals surface area contributed by atoms with Gasteiger partial charge in [0.15, 0.2) is 0 Å². The van der Waals surface area contributed by atoms with Gasteiger partial charge < -0.3 is 5.32 Å². The molecule has 1 N–H and O–H groups in total. The number of amides is 1. The van der Waals surface area contributed by atoms with E-state index in [1.54, 1.807) is 6.07 Å². The summed E-state index contributed by atoms with van der Waals surface area (Å²) in [5.41, 5.74) is 5.04. The van der Waals surface area contributed by atoms with Crippen molar-refractivity contribution in [2.45, 2.75) is 30.9 Å². The molecule has 158 valence electrons. The molecular formula is C26H22F3NO. The Hall–Kier alpha value is -3.08. The number of carbonyl (C=O) groups is 1. The summed E-state index contributed by atoms with van der Waals surface area (Å²) in [5, 5.41) is 2.99. The molecule has 3 aromatic carbocycles. The van der Waals surface area contributed by atoms with Gasteiger partial charge in [-0.3, -0.25) is 4.79 Å². The summed E-state index contributed by atoms with van der Waals surface area (Å²) < 4.78 is 38.8. The van der Waals surface area contributed by atoms with Gasteiger partial charge in [0.25, 0.3) is 0 Å². The third-order valence-corrected chi connectivity index (χ3v) is 6.60. The fourth-order valence-electron chi connectivity index (χ4n) is 5.31. The van der Waals surface area contributed by atoms with Crippen molar-refractivity contribution in [3.05, 3.63) is 106 Å². The van der Waals surface area contributed by atoms with Crippen LogP contribution >= 0.6 is 0 Å². The van der Waals surface area contributed by atoms with Gasteiger partial charge in [-0.2, -0.15) is 13.2 Å². The maximum absolute atomic E-state index is 12.9. The van der Waals surface area contributed by atoms with Gasteiger partial charge in [0.05, 0.1) is 12.0 Å². The quantitative estimate of drug-likeness (QED) is 0.579. The summed E-state index contributed by atoms with van der Waals surface area (Å²) in [4.78, 5) is 12.5. The van der Waals surface area contributed by atoms with Crippen LogP contribution in [0.1, 0.15) is 51.6 Å². The summed E-state index contributed by atoms with van der Waals surface area (Å²) in [6.07, 6.45) is -3.50. The molecule has 1 atom stereocenters. The van der Waals surface area contributed by atoms with Gasteiger partial charge in [-0.25, -0.2) is 0 Å². The lowest BCUT2D eigenvalue weighted by molar-refractivity contribution is -0.137. The van der Waals surface area contributed by atoms with Gasteiger partial charge in [0, 0.05) is 18.4 Å². The molecule has 0 aromatic heterocycles. The lowest BCUT2D eigenvalue weighted by Gasteiger charge is -2.45. The second-order valence-corrected chi connectivity index (χ2v) is 8.46. The first-order valence-electron chi connectivity index (χ1n) is 10.5. The molecule has 0 radical (unpaired) electrons. The van der Waals surface area contributed by atoms with Crippen molar-refractivity contribution in [1.29, 1.82) is 0 Å². The van der Waals surface area contributed by atoms with Crippen LogP contribution in [0.25, 0.3) is 0 Å². The molecule has 0 heterocycles. The Bertz CT molecular complexity index is 1090. The number of benzene rings is 3. The van der Waals surface area contributed by atoms with Gasteiger partial charge in [-0.05, 0) is 46.2 Å². The Morgan fingerprint density at radius 3 is 2.10 bits per heavy atom. The fourth-order valence-corrected chi connectivity index (χ4v) is 5.31. The largest absolute Gasteiger partial charge is 0.416 e. The number of alkyl halides is 3. The first kappa shape index (κ1) is 19.9. The second-order valence-electron chi connectivity index (χ2n) is 8.46. The highest BCUT2D eigenvalue weighted by atomic mass is 19.4. The second kappa shape index (κ2) is 7.56. The van der Waals surface area contributed by atoms with Crippen LogP contribution in [0.3, 0.4) is 0 Å². The van der Waals surface area contributed by atoms with Crippen molar-refractivity contribution in [3.8, 4) is 0 Å². The molecule has 0 saturated carbocycles. The Kier molecular flexibility index (Phi) is 4.84. The van der Waals surface area contributed by atoms with E-state index < -0.39 is 11.7 Å². The maximum Gasteiger partial charge on any atom is 0.416 e. The van der Waals surface area contributed by atoms with E-state index in [4.69, 9.17) is 0 Å². The third-order valence-electron chi connectivity index (χ3n) is 6.60. The number of hydrogen-bond acceptors (Lipinski definition) is 1. The molecule has 5 heteroatoms. The number of halogens is 3. The van der Waals surface area contributed by atoms with Gasteiger partial charge in [-0.15, -0.1) is 0 Å². The lowest BCUT2D eigenvalue weighted by atomic mass is 9.59. The van der Waals surface area contributed by atoms with Crippen LogP contribution in [0.2, 0.25) is 0 Å². The highest BCUT2D eigenvalue weighted by Gasteiger charge is 2.42. The Morgan fingerprint density at radius 1 is 0.871 bits per heavy atom. The van der Waals surface area contributed by atoms with E-state index >= 15 is 0 Å². The normalized spacial score (nSPS) is 21.3. The summed E-state index contributed by atoms with van der Waals surface area (Å²) in [5.74, 6) is 0.566. The smallest absolute Gasteiger partial charge is 0.356 e. The lowest BCUT2D eigenvalue weighted by Crippen LogP contribution is -2.39. The van der Waals surface area contributed by atoms with Crippen LogP contribution in [-0.4, -0.2) is 12.5 Å². The number of nitrogens with one attached hydrogen (secondary N) is 1. The van der Waals surface area contributed by atoms with Gasteiger partial charge in [0.1, 0.15) is 0 Å². The summed E-state index contributed by atoms with van der Waals surface area (Å²) in [7, 11) is 0. The first-order chi connectivity index (χ1) is 14.9. The minimum absolute atomic E-state index is 0.0576. The number of fused-ring (bicyclic) bond motifs is 1. The van der Waals surface area contributed by atoms with Gasteiger partial charge in [-0.1, -0.05) is 66.7 Å². The van der Waals surface area contributed by atoms with E-state index in [9.17, 15) is 18.0 Å². The predicted molar refractivity (Wildman–Crippen MR) is 113 cm³/mol. The molecule has 1 amide bonds. The maximum atomic E-state index is 12.9. The molecule has 3 aliphatic carbocycles. The van der Waals surface area contributed by atoms with Crippen LogP contribution in [0.15, 0.2) is 72.8 Å². The van der Waals surface area contributed by atoms with Crippen LogP contribution < -0.4 is 5.32 Å². The molecule has 1 unspecified atom stereocenters. The molecule has 3 aliphatic rings. The van der Waals surface area contributed by atoms with E-state index in [0.29, 0.717) is 18.0 Å². The molecule has 6 rings (SSSR count). The molecular weight excluding hydrogens is 399 g/mol. The fraction of sp³-hybridized carbons (Fsp3) is 0.269. The van der Waals surface area contributed by atoms with Gasteiger partial charge >= 0.3 is 6.18 Å². The zero-order valence-corrected chi connectivity index (χ0v) is 16.8. The summed E-state index contributed by atoms with van der Waals surface area (Å²) >= 11 is 0. The highest BCUT2D eigenvalue weighted by Crippen LogP contribution is 2.55. The molecule has 2 bridgehead atoms. The molecule has 2 nitrogen and oxygen atoms in total. The Labute approximate surface area is 179 Å². The minimum Gasteiger partial charge on any atom is -0.356 e. The molecule has 3 aromatic rings. The van der Waals surface area contributed by atoms with Crippen LogP contribution in [0.5, 0.6) is 0 Å². The van der Waals surface area contributed by atoms with Crippen molar-refractivity contribution in [2.75, 3.05) is 6.54 Å². The van der Waals surface area contributed by atoms with Crippen molar-refractivity contribution >= 4 is 5.91 Å². The van der Waals surface area contributed by atoms with E-state index in [-0.39, 0.29) is 24.2 Å². The van der Waals surface area contributed by atoms with Crippen LogP contribution in [0, 0.1) is 5.92 Å². The monoisotopic (exact) mass is 421 g/mol. The highest BCUT2D eigenvalue weighted by molar-refractivity contribution is 5.78. The van der Waals surface area contributed by atoms with Gasteiger partial charge in [0.2, 0.25) is 5.91 Å². The number of hydrogen-bond donors (Lipinski definition) is 1. The first-order valence-corrected chi connectivity index (χ1v) is 10.5. The third kappa shape index (κ3) is 3.62. The average Bonchev–Trinajstić information content (AvgIpc) is 2.77.